The molecule has 2 rings (SSSR count). The third kappa shape index (κ3) is 4.21. The molecule has 1 atom stereocenters. The number of carbonyl (C=O) groups is 2. The van der Waals surface area contributed by atoms with Crippen LogP contribution in [0.2, 0.25) is 0 Å². The quantitative estimate of drug-likeness (QED) is 0.707. The van der Waals surface area contributed by atoms with E-state index in [1.807, 2.05) is 17.5 Å². The second-order valence-electron chi connectivity index (χ2n) is 4.81. The van der Waals surface area contributed by atoms with Gasteiger partial charge >= 0.3 is 12.0 Å². The van der Waals surface area contributed by atoms with Crippen LogP contribution in [0.1, 0.15) is 24.1 Å². The van der Waals surface area contributed by atoms with Gasteiger partial charge in [0.05, 0.1) is 6.54 Å². The van der Waals surface area contributed by atoms with Crippen molar-refractivity contribution < 1.29 is 19.8 Å². The van der Waals surface area contributed by atoms with Gasteiger partial charge in [0.15, 0.2) is 6.10 Å². The molecule has 0 radical (unpaired) electrons. The van der Waals surface area contributed by atoms with Crippen LogP contribution in [-0.2, 0) is 11.3 Å². The molecule has 0 aliphatic heterocycles. The molecule has 0 spiro atoms. The van der Waals surface area contributed by atoms with Crippen LogP contribution in [0.5, 0.6) is 0 Å². The number of carboxylic acids is 1. The predicted molar refractivity (Wildman–Crippen MR) is 74.5 cm³/mol. The second-order valence-corrected chi connectivity index (χ2v) is 5.85. The van der Waals surface area contributed by atoms with E-state index in [2.05, 4.69) is 5.32 Å². The van der Waals surface area contributed by atoms with Gasteiger partial charge < -0.3 is 20.4 Å². The van der Waals surface area contributed by atoms with E-state index in [0.29, 0.717) is 6.54 Å². The second kappa shape index (κ2) is 6.71. The number of amides is 2. The van der Waals surface area contributed by atoms with Gasteiger partial charge in [-0.1, -0.05) is 6.07 Å². The molecule has 1 aromatic heterocycles. The molecule has 1 aliphatic rings. The van der Waals surface area contributed by atoms with E-state index < -0.39 is 12.1 Å². The third-order valence-electron chi connectivity index (χ3n) is 3.13. The Balaban J connectivity index is 1.80. The van der Waals surface area contributed by atoms with Crippen LogP contribution in [0.25, 0.3) is 0 Å². The smallest absolute Gasteiger partial charge is 0.332 e. The minimum atomic E-state index is -1.43. The molecule has 1 fully saturated rings. The maximum Gasteiger partial charge on any atom is 0.332 e. The highest BCUT2D eigenvalue weighted by atomic mass is 32.1. The SMILES string of the molecule is O=C(O)[C@@H](O)CCNC(=O)N(Cc1cccs1)C1CC1. The minimum Gasteiger partial charge on any atom is -0.479 e. The number of urea groups is 1. The molecule has 20 heavy (non-hydrogen) atoms. The Bertz CT molecular complexity index is 459. The van der Waals surface area contributed by atoms with E-state index in [9.17, 15) is 9.59 Å². The zero-order chi connectivity index (χ0) is 14.5. The molecule has 1 heterocycles. The van der Waals surface area contributed by atoms with E-state index >= 15 is 0 Å². The predicted octanol–water partition coefficient (Wildman–Crippen LogP) is 1.26. The summed E-state index contributed by atoms with van der Waals surface area (Å²) in [4.78, 5) is 25.5. The Morgan fingerprint density at radius 2 is 2.25 bits per heavy atom. The number of aliphatic hydroxyl groups is 1. The lowest BCUT2D eigenvalue weighted by atomic mass is 10.2. The van der Waals surface area contributed by atoms with E-state index in [1.54, 1.807) is 16.2 Å². The molecule has 1 aliphatic carbocycles. The zero-order valence-corrected chi connectivity index (χ0v) is 11.8. The molecule has 0 bridgehead atoms. The molecule has 110 valence electrons. The molecule has 1 saturated carbocycles. The van der Waals surface area contributed by atoms with Crippen LogP contribution in [0.4, 0.5) is 4.79 Å². The maximum atomic E-state index is 12.1. The first kappa shape index (κ1) is 14.8. The Morgan fingerprint density at radius 3 is 2.80 bits per heavy atom. The van der Waals surface area contributed by atoms with Crippen molar-refractivity contribution in [1.29, 1.82) is 0 Å². The summed E-state index contributed by atoms with van der Waals surface area (Å²) in [6.07, 6.45) is 0.605. The molecule has 2 amide bonds. The Morgan fingerprint density at radius 1 is 1.50 bits per heavy atom. The molecule has 0 saturated heterocycles. The van der Waals surface area contributed by atoms with Gasteiger partial charge in [0.2, 0.25) is 0 Å². The Kier molecular flexibility index (Phi) is 4.97. The molecule has 3 N–H and O–H groups in total. The van der Waals surface area contributed by atoms with Crippen molar-refractivity contribution in [2.75, 3.05) is 6.54 Å². The van der Waals surface area contributed by atoms with Gasteiger partial charge in [-0.3, -0.25) is 0 Å². The number of hydrogen-bond donors (Lipinski definition) is 3. The molecular formula is C13H18N2O4S. The number of nitrogens with zero attached hydrogens (tertiary/aromatic N) is 1. The first-order valence-electron chi connectivity index (χ1n) is 6.55. The van der Waals surface area contributed by atoms with Gasteiger partial charge in [0.1, 0.15) is 0 Å². The zero-order valence-electron chi connectivity index (χ0n) is 11.0. The summed E-state index contributed by atoms with van der Waals surface area (Å²) in [5.74, 6) is -1.27. The highest BCUT2D eigenvalue weighted by Gasteiger charge is 2.32. The number of hydrogen-bond acceptors (Lipinski definition) is 4. The van der Waals surface area contributed by atoms with Gasteiger partial charge in [-0.15, -0.1) is 11.3 Å². The van der Waals surface area contributed by atoms with Gasteiger partial charge in [0, 0.05) is 23.9 Å². The van der Waals surface area contributed by atoms with Crippen molar-refractivity contribution in [2.45, 2.75) is 38.0 Å². The highest BCUT2D eigenvalue weighted by molar-refractivity contribution is 7.09. The highest BCUT2D eigenvalue weighted by Crippen LogP contribution is 2.29. The third-order valence-corrected chi connectivity index (χ3v) is 3.99. The van der Waals surface area contributed by atoms with Crippen molar-refractivity contribution >= 4 is 23.3 Å². The number of rotatable bonds is 7. The summed E-state index contributed by atoms with van der Waals surface area (Å²) in [6, 6.07) is 4.02. The summed E-state index contributed by atoms with van der Waals surface area (Å²) in [6.45, 7) is 0.732. The van der Waals surface area contributed by atoms with Gasteiger partial charge in [-0.25, -0.2) is 9.59 Å². The number of aliphatic hydroxyl groups excluding tert-OH is 1. The van der Waals surface area contributed by atoms with Gasteiger partial charge in [0.25, 0.3) is 0 Å². The van der Waals surface area contributed by atoms with Crippen molar-refractivity contribution in [2.24, 2.45) is 0 Å². The first-order chi connectivity index (χ1) is 9.58. The van der Waals surface area contributed by atoms with Gasteiger partial charge in [-0.05, 0) is 24.3 Å². The summed E-state index contributed by atoms with van der Waals surface area (Å²) >= 11 is 1.61. The fraction of sp³-hybridized carbons (Fsp3) is 0.538. The van der Waals surface area contributed by atoms with E-state index in [-0.39, 0.29) is 25.0 Å². The summed E-state index contributed by atoms with van der Waals surface area (Å²) in [5, 5.41) is 22.3. The van der Waals surface area contributed by atoms with Crippen molar-refractivity contribution in [3.63, 3.8) is 0 Å². The Hall–Kier alpha value is -1.60. The lowest BCUT2D eigenvalue weighted by Gasteiger charge is -2.22. The Labute approximate surface area is 121 Å². The fourth-order valence-electron chi connectivity index (χ4n) is 1.86. The molecule has 0 unspecified atom stereocenters. The number of nitrogens with one attached hydrogen (secondary N) is 1. The number of carbonyl (C=O) groups excluding carboxylic acids is 1. The summed E-state index contributed by atoms with van der Waals surface area (Å²) in [7, 11) is 0. The van der Waals surface area contributed by atoms with E-state index in [1.165, 1.54) is 0 Å². The van der Waals surface area contributed by atoms with Crippen LogP contribution in [0.15, 0.2) is 17.5 Å². The van der Waals surface area contributed by atoms with Crippen LogP contribution >= 0.6 is 11.3 Å². The number of thiophene rings is 1. The van der Waals surface area contributed by atoms with Crippen molar-refractivity contribution in [1.82, 2.24) is 10.2 Å². The number of aliphatic carboxylic acids is 1. The van der Waals surface area contributed by atoms with Crippen molar-refractivity contribution in [3.8, 4) is 0 Å². The standard InChI is InChI=1S/C13H18N2O4S/c16-11(12(17)18)5-6-14-13(19)15(9-3-4-9)8-10-2-1-7-20-10/h1-2,7,9,11,16H,3-6,8H2,(H,14,19)(H,17,18)/t11-/m0/s1. The van der Waals surface area contributed by atoms with Crippen molar-refractivity contribution in [3.05, 3.63) is 22.4 Å². The average Bonchev–Trinajstić information content (AvgIpc) is 3.12. The normalized spacial score (nSPS) is 15.7. The lowest BCUT2D eigenvalue weighted by Crippen LogP contribution is -2.42. The van der Waals surface area contributed by atoms with Crippen LogP contribution < -0.4 is 5.32 Å². The van der Waals surface area contributed by atoms with E-state index in [0.717, 1.165) is 17.7 Å². The average molecular weight is 298 g/mol. The topological polar surface area (TPSA) is 89.9 Å². The fourth-order valence-corrected chi connectivity index (χ4v) is 2.57. The van der Waals surface area contributed by atoms with Crippen LogP contribution in [0.3, 0.4) is 0 Å². The van der Waals surface area contributed by atoms with Crippen LogP contribution in [-0.4, -0.2) is 45.8 Å². The number of carboxylic acid groups (broad SMARTS) is 1. The maximum absolute atomic E-state index is 12.1. The first-order valence-corrected chi connectivity index (χ1v) is 7.43. The summed E-state index contributed by atoms with van der Waals surface area (Å²) in [5.41, 5.74) is 0. The lowest BCUT2D eigenvalue weighted by molar-refractivity contribution is -0.146. The summed E-state index contributed by atoms with van der Waals surface area (Å²) < 4.78 is 0. The molecule has 7 heteroatoms. The monoisotopic (exact) mass is 298 g/mol. The molecule has 6 nitrogen and oxygen atoms in total. The molecule has 0 aromatic carbocycles. The molecular weight excluding hydrogens is 280 g/mol. The van der Waals surface area contributed by atoms with Crippen LogP contribution in [0, 0.1) is 0 Å². The molecule has 1 aromatic rings. The van der Waals surface area contributed by atoms with E-state index in [4.69, 9.17) is 10.2 Å². The largest absolute Gasteiger partial charge is 0.479 e. The van der Waals surface area contributed by atoms with Gasteiger partial charge in [-0.2, -0.15) is 0 Å². The minimum absolute atomic E-state index is 0.0125.